The maximum Gasteiger partial charge on any atom is 0.135 e. The molecule has 5 N–H and O–H groups in total. The first-order valence-corrected chi connectivity index (χ1v) is 19.8. The third kappa shape index (κ3) is 7.25. The second kappa shape index (κ2) is 14.5. The Hall–Kier alpha value is -5.76. The molecule has 0 aliphatic carbocycles. The molecule has 278 valence electrons. The van der Waals surface area contributed by atoms with Crippen molar-refractivity contribution in [3.63, 3.8) is 0 Å². The molecule has 0 spiro atoms. The van der Waals surface area contributed by atoms with Gasteiger partial charge in [-0.3, -0.25) is 0 Å². The Morgan fingerprint density at radius 2 is 1.20 bits per heavy atom. The van der Waals surface area contributed by atoms with E-state index in [-0.39, 0.29) is 11.1 Å². The SMILES string of the molecule is C=CCn1cnc(-c2ccccc2)c1-c1cc2c(N)ncnc2s1.CC1(C)CC(n2cnc(-c3ccccc3)c2-c2cc3c(N)ncnc3s2)CC(C)(C)N1. The predicted molar refractivity (Wildman–Crippen MR) is 227 cm³/mol. The molecule has 0 amide bonds. The predicted octanol–water partition coefficient (Wildman–Crippen LogP) is 9.28. The number of nitrogens with zero attached hydrogens (tertiary/aromatic N) is 8. The number of imidazole rings is 2. The lowest BCUT2D eigenvalue weighted by atomic mass is 9.79. The highest BCUT2D eigenvalue weighted by atomic mass is 32.1. The van der Waals surface area contributed by atoms with E-state index in [0.717, 1.165) is 76.9 Å². The summed E-state index contributed by atoms with van der Waals surface area (Å²) < 4.78 is 4.46. The summed E-state index contributed by atoms with van der Waals surface area (Å²) in [4.78, 5) is 30.5. The molecule has 0 radical (unpaired) electrons. The van der Waals surface area contributed by atoms with E-state index in [0.29, 0.717) is 24.2 Å². The molecule has 8 aromatic rings. The first kappa shape index (κ1) is 36.2. The Balaban J connectivity index is 0.000000160. The van der Waals surface area contributed by atoms with Crippen LogP contribution in [0.15, 0.2) is 111 Å². The molecule has 13 heteroatoms. The second-order valence-electron chi connectivity index (χ2n) is 15.1. The van der Waals surface area contributed by atoms with Gasteiger partial charge in [0.25, 0.3) is 0 Å². The summed E-state index contributed by atoms with van der Waals surface area (Å²) in [6.45, 7) is 13.7. The van der Waals surface area contributed by atoms with Crippen LogP contribution < -0.4 is 16.8 Å². The number of thiophene rings is 2. The number of hydrogen-bond acceptors (Lipinski definition) is 11. The largest absolute Gasteiger partial charge is 0.383 e. The average molecular weight is 766 g/mol. The minimum Gasteiger partial charge on any atom is -0.383 e. The number of nitrogens with one attached hydrogen (secondary N) is 1. The summed E-state index contributed by atoms with van der Waals surface area (Å²) in [6, 6.07) is 25.0. The van der Waals surface area contributed by atoms with Crippen molar-refractivity contribution < 1.29 is 0 Å². The van der Waals surface area contributed by atoms with E-state index in [1.807, 2.05) is 49.1 Å². The van der Waals surface area contributed by atoms with Gasteiger partial charge < -0.3 is 25.9 Å². The van der Waals surface area contributed by atoms with E-state index in [9.17, 15) is 0 Å². The first-order chi connectivity index (χ1) is 26.5. The van der Waals surface area contributed by atoms with Crippen LogP contribution in [-0.4, -0.2) is 50.1 Å². The van der Waals surface area contributed by atoms with Gasteiger partial charge in [0.2, 0.25) is 0 Å². The summed E-state index contributed by atoms with van der Waals surface area (Å²) in [5.74, 6) is 1.02. The molecule has 0 saturated carbocycles. The lowest BCUT2D eigenvalue weighted by Gasteiger charge is -2.47. The zero-order chi connectivity index (χ0) is 38.3. The van der Waals surface area contributed by atoms with E-state index in [1.54, 1.807) is 22.7 Å². The van der Waals surface area contributed by atoms with Crippen LogP contribution in [0.1, 0.15) is 46.6 Å². The van der Waals surface area contributed by atoms with Gasteiger partial charge in [-0.25, -0.2) is 29.9 Å². The summed E-state index contributed by atoms with van der Waals surface area (Å²) >= 11 is 3.24. The molecule has 0 bridgehead atoms. The number of rotatable bonds is 7. The number of benzene rings is 2. The van der Waals surface area contributed by atoms with Gasteiger partial charge in [0.15, 0.2) is 0 Å². The minimum atomic E-state index is 0.0386. The molecule has 11 nitrogen and oxygen atoms in total. The molecule has 2 aromatic carbocycles. The zero-order valence-electron chi connectivity index (χ0n) is 31.3. The highest BCUT2D eigenvalue weighted by Gasteiger charge is 2.39. The highest BCUT2D eigenvalue weighted by Crippen LogP contribution is 2.44. The van der Waals surface area contributed by atoms with Crippen molar-refractivity contribution in [2.24, 2.45) is 0 Å². The monoisotopic (exact) mass is 765 g/mol. The fourth-order valence-electron chi connectivity index (χ4n) is 7.86. The lowest BCUT2D eigenvalue weighted by molar-refractivity contribution is 0.133. The first-order valence-electron chi connectivity index (χ1n) is 18.1. The Bertz CT molecular complexity index is 2600. The molecule has 7 heterocycles. The van der Waals surface area contributed by atoms with Crippen molar-refractivity contribution in [2.75, 3.05) is 11.5 Å². The van der Waals surface area contributed by atoms with Crippen molar-refractivity contribution in [2.45, 2.75) is 64.2 Å². The molecular formula is C42H43N11S2. The molecule has 1 aliphatic rings. The summed E-state index contributed by atoms with van der Waals surface area (Å²) in [7, 11) is 0. The molecule has 0 atom stereocenters. The fourth-order valence-corrected chi connectivity index (χ4v) is 9.99. The average Bonchev–Trinajstić information content (AvgIpc) is 3.96. The third-order valence-corrected chi connectivity index (χ3v) is 11.9. The number of anilines is 2. The summed E-state index contributed by atoms with van der Waals surface area (Å²) in [5, 5.41) is 5.57. The van der Waals surface area contributed by atoms with Gasteiger partial charge in [-0.2, -0.15) is 0 Å². The summed E-state index contributed by atoms with van der Waals surface area (Å²) in [6.07, 6.45) is 10.8. The Labute approximate surface area is 327 Å². The topological polar surface area (TPSA) is 151 Å². The van der Waals surface area contributed by atoms with E-state index in [4.69, 9.17) is 16.5 Å². The lowest BCUT2D eigenvalue weighted by Crippen LogP contribution is -2.57. The van der Waals surface area contributed by atoms with Gasteiger partial charge in [0.1, 0.15) is 34.0 Å². The molecule has 0 unspecified atom stereocenters. The fraction of sp³-hybridized carbons (Fsp3) is 0.238. The molecule has 1 aliphatic heterocycles. The third-order valence-electron chi connectivity index (χ3n) is 9.80. The molecule has 6 aromatic heterocycles. The smallest absolute Gasteiger partial charge is 0.135 e. The van der Waals surface area contributed by atoms with Crippen LogP contribution in [0.3, 0.4) is 0 Å². The van der Waals surface area contributed by atoms with Crippen LogP contribution in [0.25, 0.3) is 64.1 Å². The highest BCUT2D eigenvalue weighted by molar-refractivity contribution is 7.22. The second-order valence-corrected chi connectivity index (χ2v) is 17.2. The standard InChI is InChI=1S/C24H28N6S.C18H15N5S/c1-23(2)11-16(12-24(3,4)29-23)30-14-28-19(15-8-6-5-7-9-15)20(30)18-10-17-21(25)26-13-27-22(17)31-18;1-2-8-23-11-22-15(12-6-4-3-5-7-12)16(23)14-9-13-17(19)20-10-21-18(13)24-14/h5-10,13-14,16,29H,11-12H2,1-4H3,(H2,25,26,27);2-7,9-11H,1,8H2,(H2,19,20,21). The van der Waals surface area contributed by atoms with Crippen molar-refractivity contribution in [3.05, 3.63) is 111 Å². The number of hydrogen-bond donors (Lipinski definition) is 3. The van der Waals surface area contributed by atoms with E-state index < -0.39 is 0 Å². The summed E-state index contributed by atoms with van der Waals surface area (Å²) in [5.41, 5.74) is 18.5. The molecule has 1 saturated heterocycles. The van der Waals surface area contributed by atoms with Gasteiger partial charge in [-0.15, -0.1) is 29.3 Å². The number of fused-ring (bicyclic) bond motifs is 2. The van der Waals surface area contributed by atoms with Crippen molar-refractivity contribution >= 4 is 54.7 Å². The van der Waals surface area contributed by atoms with Crippen molar-refractivity contribution in [3.8, 4) is 43.7 Å². The van der Waals surface area contributed by atoms with Gasteiger partial charge >= 0.3 is 0 Å². The Kier molecular flexibility index (Phi) is 9.53. The number of aromatic nitrogens is 8. The van der Waals surface area contributed by atoms with Crippen LogP contribution in [0.4, 0.5) is 11.6 Å². The molecule has 9 rings (SSSR count). The normalized spacial score (nSPS) is 15.2. The quantitative estimate of drug-likeness (QED) is 0.135. The maximum atomic E-state index is 6.15. The van der Waals surface area contributed by atoms with Crippen LogP contribution in [0, 0.1) is 0 Å². The van der Waals surface area contributed by atoms with Crippen LogP contribution in [0.2, 0.25) is 0 Å². The van der Waals surface area contributed by atoms with Crippen molar-refractivity contribution in [1.82, 2.24) is 44.4 Å². The van der Waals surface area contributed by atoms with E-state index >= 15 is 0 Å². The van der Waals surface area contributed by atoms with Gasteiger partial charge in [-0.05, 0) is 52.7 Å². The zero-order valence-corrected chi connectivity index (χ0v) is 32.9. The van der Waals surface area contributed by atoms with Gasteiger partial charge in [0, 0.05) is 34.8 Å². The van der Waals surface area contributed by atoms with Crippen LogP contribution in [0.5, 0.6) is 0 Å². The Morgan fingerprint density at radius 3 is 1.71 bits per heavy atom. The number of nitrogen functional groups attached to an aromatic ring is 2. The number of piperidine rings is 1. The van der Waals surface area contributed by atoms with Gasteiger partial charge in [0.05, 0.1) is 56.0 Å². The molecule has 55 heavy (non-hydrogen) atoms. The Morgan fingerprint density at radius 1 is 0.709 bits per heavy atom. The van der Waals surface area contributed by atoms with E-state index in [2.05, 4.69) is 116 Å². The van der Waals surface area contributed by atoms with Crippen molar-refractivity contribution in [1.29, 1.82) is 0 Å². The molecule has 1 fully saturated rings. The maximum absolute atomic E-state index is 6.15. The number of nitrogens with two attached hydrogens (primary N) is 2. The van der Waals surface area contributed by atoms with Crippen LogP contribution >= 0.6 is 22.7 Å². The van der Waals surface area contributed by atoms with Gasteiger partial charge in [-0.1, -0.05) is 66.7 Å². The number of allylic oxidation sites excluding steroid dienone is 1. The molecular weight excluding hydrogens is 723 g/mol. The van der Waals surface area contributed by atoms with E-state index in [1.165, 1.54) is 12.7 Å². The van der Waals surface area contributed by atoms with Crippen LogP contribution in [-0.2, 0) is 6.54 Å². The minimum absolute atomic E-state index is 0.0386.